The molecule has 0 aliphatic carbocycles. The van der Waals surface area contributed by atoms with Gasteiger partial charge in [0.1, 0.15) is 5.60 Å². The summed E-state index contributed by atoms with van der Waals surface area (Å²) < 4.78 is 15.3. The number of ether oxygens (including phenoxy) is 3. The fourth-order valence-electron chi connectivity index (χ4n) is 2.99. The zero-order valence-electron chi connectivity index (χ0n) is 15.1. The van der Waals surface area contributed by atoms with Crippen molar-refractivity contribution in [3.8, 4) is 17.6 Å². The quantitative estimate of drug-likeness (QED) is 0.848. The molecule has 25 heavy (non-hydrogen) atoms. The molecule has 0 spiro atoms. The van der Waals surface area contributed by atoms with Gasteiger partial charge in [-0.1, -0.05) is 6.07 Å². The Morgan fingerprint density at radius 2 is 1.96 bits per heavy atom. The van der Waals surface area contributed by atoms with Crippen LogP contribution >= 0.6 is 0 Å². The van der Waals surface area contributed by atoms with Crippen LogP contribution < -0.4 is 14.8 Å². The molecule has 2 aliphatic rings. The molecule has 1 aromatic carbocycles. The van der Waals surface area contributed by atoms with Gasteiger partial charge >= 0.3 is 0 Å². The highest BCUT2D eigenvalue weighted by atomic mass is 16.7. The predicted octanol–water partition coefficient (Wildman–Crippen LogP) is 2.91. The zero-order valence-corrected chi connectivity index (χ0v) is 15.1. The molecule has 2 heterocycles. The lowest BCUT2D eigenvalue weighted by atomic mass is 9.71. The van der Waals surface area contributed by atoms with Crippen LogP contribution in [0.2, 0.25) is 0 Å². The first-order valence-electron chi connectivity index (χ1n) is 8.49. The van der Waals surface area contributed by atoms with E-state index >= 15 is 0 Å². The van der Waals surface area contributed by atoms with E-state index in [1.165, 1.54) is 5.56 Å². The fourth-order valence-corrected chi connectivity index (χ4v) is 2.99. The topological polar surface area (TPSA) is 80.6 Å². The maximum Gasteiger partial charge on any atom is 0.293 e. The van der Waals surface area contributed by atoms with Crippen molar-refractivity contribution in [1.82, 2.24) is 5.32 Å². The molecule has 1 aromatic rings. The summed E-state index contributed by atoms with van der Waals surface area (Å²) in [5.41, 5.74) is 0.859. The van der Waals surface area contributed by atoms with Gasteiger partial charge in [-0.15, -0.1) is 0 Å². The molecule has 0 unspecified atom stereocenters. The molecule has 6 heteroatoms. The average Bonchev–Trinajstić information content (AvgIpc) is 3.03. The Kier molecular flexibility index (Phi) is 6.27. The first kappa shape index (κ1) is 19.1. The molecule has 0 saturated carbocycles. The van der Waals surface area contributed by atoms with Gasteiger partial charge in [0, 0.05) is 11.8 Å². The number of nitrogens with zero attached hydrogens (tertiary/aromatic N) is 1. The van der Waals surface area contributed by atoms with Gasteiger partial charge in [-0.2, -0.15) is 5.26 Å². The lowest BCUT2D eigenvalue weighted by molar-refractivity contribution is -0.138. The monoisotopic (exact) mass is 346 g/mol. The number of rotatable bonds is 3. The van der Waals surface area contributed by atoms with Crippen LogP contribution in [0.3, 0.4) is 0 Å². The Morgan fingerprint density at radius 3 is 2.52 bits per heavy atom. The van der Waals surface area contributed by atoms with Crippen LogP contribution in [0.25, 0.3) is 0 Å². The van der Waals surface area contributed by atoms with Crippen molar-refractivity contribution in [2.24, 2.45) is 0 Å². The van der Waals surface area contributed by atoms with E-state index in [-0.39, 0.29) is 11.0 Å². The van der Waals surface area contributed by atoms with E-state index in [4.69, 9.17) is 14.7 Å². The predicted molar refractivity (Wildman–Crippen MR) is 93.5 cm³/mol. The Hall–Kier alpha value is -2.26. The van der Waals surface area contributed by atoms with Crippen LogP contribution in [0.5, 0.6) is 11.5 Å². The molecule has 1 saturated heterocycles. The van der Waals surface area contributed by atoms with Gasteiger partial charge in [0.2, 0.25) is 6.79 Å². The number of carbonyl (C=O) groups excluding carboxylic acids is 1. The minimum Gasteiger partial charge on any atom is -0.462 e. The number of hydrogen-bond donors (Lipinski definition) is 1. The summed E-state index contributed by atoms with van der Waals surface area (Å²) >= 11 is 0. The summed E-state index contributed by atoms with van der Waals surface area (Å²) in [5, 5.41) is 12.5. The SMILES string of the molecule is CC(C)(C)OC=O.N#CCC1(c2ccc3c(c2)OCO3)CCNCC1. The number of piperidine rings is 1. The fraction of sp³-hybridized carbons (Fsp3) is 0.579. The number of nitriles is 1. The number of carbonyl (C=O) groups is 1. The lowest BCUT2D eigenvalue weighted by Gasteiger charge is -2.36. The van der Waals surface area contributed by atoms with E-state index < -0.39 is 0 Å². The summed E-state index contributed by atoms with van der Waals surface area (Å²) in [6, 6.07) is 8.43. The summed E-state index contributed by atoms with van der Waals surface area (Å²) in [6.07, 6.45) is 2.56. The Morgan fingerprint density at radius 1 is 1.28 bits per heavy atom. The lowest BCUT2D eigenvalue weighted by Crippen LogP contribution is -2.39. The second-order valence-electron chi connectivity index (χ2n) is 7.26. The number of hydrogen-bond acceptors (Lipinski definition) is 6. The third-order valence-corrected chi connectivity index (χ3v) is 4.36. The van der Waals surface area contributed by atoms with Gasteiger partial charge in [0.15, 0.2) is 11.5 Å². The van der Waals surface area contributed by atoms with Gasteiger partial charge < -0.3 is 19.5 Å². The first-order valence-corrected chi connectivity index (χ1v) is 8.49. The second-order valence-corrected chi connectivity index (χ2v) is 7.26. The molecule has 136 valence electrons. The molecule has 0 aromatic heterocycles. The number of fused-ring (bicyclic) bond motifs is 1. The minimum absolute atomic E-state index is 0.0268. The highest BCUT2D eigenvalue weighted by Crippen LogP contribution is 2.41. The van der Waals surface area contributed by atoms with Crippen molar-refractivity contribution >= 4 is 6.47 Å². The zero-order chi connectivity index (χ0) is 18.3. The van der Waals surface area contributed by atoms with E-state index in [1.807, 2.05) is 32.9 Å². The molecule has 1 fully saturated rings. The van der Waals surface area contributed by atoms with Crippen LogP contribution in [0.4, 0.5) is 0 Å². The van der Waals surface area contributed by atoms with Gasteiger partial charge in [0.05, 0.1) is 6.07 Å². The molecule has 6 nitrogen and oxygen atoms in total. The second kappa shape index (κ2) is 8.21. The Bertz CT molecular complexity index is 625. The molecule has 0 radical (unpaired) electrons. The van der Waals surface area contributed by atoms with Gasteiger partial charge in [0.25, 0.3) is 6.47 Å². The van der Waals surface area contributed by atoms with Crippen LogP contribution in [0, 0.1) is 11.3 Å². The van der Waals surface area contributed by atoms with E-state index in [0.29, 0.717) is 19.7 Å². The van der Waals surface area contributed by atoms with Gasteiger partial charge in [-0.3, -0.25) is 4.79 Å². The maximum absolute atomic E-state index is 9.60. The highest BCUT2D eigenvalue weighted by molar-refractivity contribution is 5.47. The smallest absolute Gasteiger partial charge is 0.293 e. The first-order chi connectivity index (χ1) is 11.9. The molecule has 1 N–H and O–H groups in total. The maximum atomic E-state index is 9.60. The third kappa shape index (κ3) is 5.10. The van der Waals surface area contributed by atoms with Gasteiger partial charge in [-0.05, 0) is 64.4 Å². The van der Waals surface area contributed by atoms with Crippen molar-refractivity contribution in [3.63, 3.8) is 0 Å². The summed E-state index contributed by atoms with van der Waals surface area (Å²) in [7, 11) is 0. The standard InChI is InChI=1S/C14H16N2O2.C5H10O2/c15-6-3-14(4-7-16-8-5-14)11-1-2-12-13(9-11)18-10-17-12;1-5(2,3)7-4-6/h1-2,9,16H,3-5,7-8,10H2;4H,1-3H3. The molecule has 0 amide bonds. The summed E-state index contributed by atoms with van der Waals surface area (Å²) in [5.74, 6) is 1.61. The van der Waals surface area contributed by atoms with E-state index in [2.05, 4.69) is 22.2 Å². The number of nitrogens with one attached hydrogen (secondary N) is 1. The molecular weight excluding hydrogens is 320 g/mol. The van der Waals surface area contributed by atoms with Crippen LogP contribution in [0.1, 0.15) is 45.6 Å². The molecule has 0 atom stereocenters. The molecule has 0 bridgehead atoms. The van der Waals surface area contributed by atoms with Crippen molar-refractivity contribution in [2.75, 3.05) is 19.9 Å². The van der Waals surface area contributed by atoms with E-state index in [0.717, 1.165) is 37.4 Å². The van der Waals surface area contributed by atoms with Crippen molar-refractivity contribution in [2.45, 2.75) is 51.0 Å². The van der Waals surface area contributed by atoms with Crippen LogP contribution in [-0.2, 0) is 14.9 Å². The van der Waals surface area contributed by atoms with Crippen LogP contribution in [0.15, 0.2) is 18.2 Å². The summed E-state index contributed by atoms with van der Waals surface area (Å²) in [4.78, 5) is 9.60. The molecule has 2 aliphatic heterocycles. The Labute approximate surface area is 149 Å². The van der Waals surface area contributed by atoms with Gasteiger partial charge in [-0.25, -0.2) is 0 Å². The molecule has 3 rings (SSSR count). The van der Waals surface area contributed by atoms with Crippen molar-refractivity contribution in [1.29, 1.82) is 5.26 Å². The largest absolute Gasteiger partial charge is 0.462 e. The summed E-state index contributed by atoms with van der Waals surface area (Å²) in [6.45, 7) is 8.15. The van der Waals surface area contributed by atoms with Crippen molar-refractivity contribution in [3.05, 3.63) is 23.8 Å². The highest BCUT2D eigenvalue weighted by Gasteiger charge is 2.34. The normalized spacial score (nSPS) is 17.7. The average molecular weight is 346 g/mol. The van der Waals surface area contributed by atoms with E-state index in [1.54, 1.807) is 0 Å². The van der Waals surface area contributed by atoms with E-state index in [9.17, 15) is 4.79 Å². The van der Waals surface area contributed by atoms with Crippen LogP contribution in [-0.4, -0.2) is 32.0 Å². The number of benzene rings is 1. The minimum atomic E-state index is -0.318. The molecular formula is C19H26N2O4. The van der Waals surface area contributed by atoms with Crippen molar-refractivity contribution < 1.29 is 19.0 Å². The third-order valence-electron chi connectivity index (χ3n) is 4.36. The Balaban J connectivity index is 0.000000277.